The largest absolute Gasteiger partial charge is 0.346 e. The molecule has 0 aliphatic heterocycles. The lowest BCUT2D eigenvalue weighted by Crippen LogP contribution is -2.25. The smallest absolute Gasteiger partial charge is 0.271 e. The highest BCUT2D eigenvalue weighted by Crippen LogP contribution is 1.94. The van der Waals surface area contributed by atoms with E-state index < -0.39 is 0 Å². The molecule has 5 heteroatoms. The van der Waals surface area contributed by atoms with E-state index in [1.54, 1.807) is 0 Å². The first-order valence-electron chi connectivity index (χ1n) is 3.57. The lowest BCUT2D eigenvalue weighted by molar-refractivity contribution is 0.0952. The van der Waals surface area contributed by atoms with Gasteiger partial charge in [0.2, 0.25) is 0 Å². The first-order valence-corrected chi connectivity index (χ1v) is 3.95. The maximum absolute atomic E-state index is 11.2. The third kappa shape index (κ3) is 3.21. The molecule has 1 aromatic heterocycles. The third-order valence-electron chi connectivity index (χ3n) is 1.24. The summed E-state index contributed by atoms with van der Waals surface area (Å²) in [6.07, 6.45) is 4.33. The monoisotopic (exact) mass is 197 g/mol. The van der Waals surface area contributed by atoms with E-state index in [1.165, 1.54) is 18.6 Å². The number of nitrogens with one attached hydrogen (secondary N) is 1. The van der Waals surface area contributed by atoms with Gasteiger partial charge in [0, 0.05) is 17.4 Å². The quantitative estimate of drug-likeness (QED) is 0.785. The van der Waals surface area contributed by atoms with Crippen molar-refractivity contribution in [2.24, 2.45) is 0 Å². The van der Waals surface area contributed by atoms with Gasteiger partial charge >= 0.3 is 0 Å². The standard InChI is InChI=1S/C8H8ClN3O/c1-6(9)4-12-8(13)7-5-10-2-3-11-7/h2-3,5H,1,4H2,(H,12,13). The number of aromatic nitrogens is 2. The van der Waals surface area contributed by atoms with E-state index in [4.69, 9.17) is 11.6 Å². The van der Waals surface area contributed by atoms with Crippen molar-refractivity contribution in [1.82, 2.24) is 15.3 Å². The first kappa shape index (κ1) is 9.67. The van der Waals surface area contributed by atoms with Crippen LogP contribution in [0.25, 0.3) is 0 Å². The lowest BCUT2D eigenvalue weighted by Gasteiger charge is -2.01. The number of halogens is 1. The van der Waals surface area contributed by atoms with Crippen molar-refractivity contribution in [2.75, 3.05) is 6.54 Å². The van der Waals surface area contributed by atoms with Gasteiger partial charge in [0.25, 0.3) is 5.91 Å². The predicted octanol–water partition coefficient (Wildman–Crippen LogP) is 0.959. The maximum atomic E-state index is 11.2. The summed E-state index contributed by atoms with van der Waals surface area (Å²) in [5.41, 5.74) is 0.264. The highest BCUT2D eigenvalue weighted by Gasteiger charge is 2.05. The number of amides is 1. The van der Waals surface area contributed by atoms with E-state index >= 15 is 0 Å². The summed E-state index contributed by atoms with van der Waals surface area (Å²) in [4.78, 5) is 18.8. The Labute approximate surface area is 80.7 Å². The van der Waals surface area contributed by atoms with E-state index in [0.717, 1.165) is 0 Å². The Kier molecular flexibility index (Phi) is 3.40. The summed E-state index contributed by atoms with van der Waals surface area (Å²) in [7, 11) is 0. The van der Waals surface area contributed by atoms with Crippen LogP contribution in [0.2, 0.25) is 0 Å². The highest BCUT2D eigenvalue weighted by molar-refractivity contribution is 6.29. The van der Waals surface area contributed by atoms with Crippen molar-refractivity contribution in [3.63, 3.8) is 0 Å². The number of rotatable bonds is 3. The maximum Gasteiger partial charge on any atom is 0.271 e. The van der Waals surface area contributed by atoms with Crippen LogP contribution in [0.4, 0.5) is 0 Å². The van der Waals surface area contributed by atoms with Crippen molar-refractivity contribution in [3.8, 4) is 0 Å². The number of hydrogen-bond donors (Lipinski definition) is 1. The van der Waals surface area contributed by atoms with Gasteiger partial charge in [-0.1, -0.05) is 18.2 Å². The van der Waals surface area contributed by atoms with Crippen LogP contribution in [-0.2, 0) is 0 Å². The normalized spacial score (nSPS) is 9.31. The molecule has 1 heterocycles. The molecule has 0 saturated carbocycles. The van der Waals surface area contributed by atoms with Crippen LogP contribution in [0.15, 0.2) is 30.2 Å². The minimum Gasteiger partial charge on any atom is -0.346 e. The van der Waals surface area contributed by atoms with Crippen LogP contribution in [-0.4, -0.2) is 22.4 Å². The Bertz CT molecular complexity index is 312. The molecule has 0 aromatic carbocycles. The van der Waals surface area contributed by atoms with Crippen LogP contribution in [0.5, 0.6) is 0 Å². The molecule has 0 fully saturated rings. The zero-order chi connectivity index (χ0) is 9.68. The van der Waals surface area contributed by atoms with Crippen molar-refractivity contribution in [1.29, 1.82) is 0 Å². The number of carbonyl (C=O) groups is 1. The topological polar surface area (TPSA) is 54.9 Å². The van der Waals surface area contributed by atoms with Gasteiger partial charge in [-0.2, -0.15) is 0 Å². The molecule has 0 saturated heterocycles. The second-order valence-electron chi connectivity index (χ2n) is 2.29. The molecule has 1 amide bonds. The fourth-order valence-electron chi connectivity index (χ4n) is 0.683. The zero-order valence-electron chi connectivity index (χ0n) is 6.83. The first-order chi connectivity index (χ1) is 6.20. The Balaban J connectivity index is 2.54. The van der Waals surface area contributed by atoms with E-state index in [1.807, 2.05) is 0 Å². The molecule has 0 aliphatic rings. The summed E-state index contributed by atoms with van der Waals surface area (Å²) in [5.74, 6) is -0.310. The zero-order valence-corrected chi connectivity index (χ0v) is 7.58. The second-order valence-corrected chi connectivity index (χ2v) is 2.83. The van der Waals surface area contributed by atoms with Crippen LogP contribution in [0, 0.1) is 0 Å². The van der Waals surface area contributed by atoms with E-state index in [-0.39, 0.29) is 18.1 Å². The molecular formula is C8H8ClN3O. The van der Waals surface area contributed by atoms with Crippen molar-refractivity contribution >= 4 is 17.5 Å². The van der Waals surface area contributed by atoms with Gasteiger partial charge in [-0.3, -0.25) is 9.78 Å². The van der Waals surface area contributed by atoms with Crippen LogP contribution in [0.1, 0.15) is 10.5 Å². The molecule has 0 aliphatic carbocycles. The average molecular weight is 198 g/mol. The predicted molar refractivity (Wildman–Crippen MR) is 49.4 cm³/mol. The van der Waals surface area contributed by atoms with Crippen molar-refractivity contribution in [3.05, 3.63) is 35.9 Å². The minimum absolute atomic E-state index is 0.233. The van der Waals surface area contributed by atoms with E-state index in [9.17, 15) is 4.79 Å². The van der Waals surface area contributed by atoms with Crippen molar-refractivity contribution in [2.45, 2.75) is 0 Å². The molecule has 13 heavy (non-hydrogen) atoms. The second kappa shape index (κ2) is 4.57. The summed E-state index contributed by atoms with van der Waals surface area (Å²) in [6.45, 7) is 3.67. The molecule has 1 N–H and O–H groups in total. The van der Waals surface area contributed by atoms with E-state index in [2.05, 4.69) is 21.9 Å². The SMILES string of the molecule is C=C(Cl)CNC(=O)c1cnccn1. The van der Waals surface area contributed by atoms with Crippen LogP contribution in [0.3, 0.4) is 0 Å². The van der Waals surface area contributed by atoms with E-state index in [0.29, 0.717) is 5.03 Å². The van der Waals surface area contributed by atoms with Gasteiger partial charge in [-0.15, -0.1) is 0 Å². The molecule has 4 nitrogen and oxygen atoms in total. The molecule has 0 radical (unpaired) electrons. The summed E-state index contributed by atoms with van der Waals surface area (Å²) < 4.78 is 0. The Morgan fingerprint density at radius 1 is 1.62 bits per heavy atom. The molecule has 0 bridgehead atoms. The molecule has 68 valence electrons. The Morgan fingerprint density at radius 3 is 2.92 bits per heavy atom. The Morgan fingerprint density at radius 2 is 2.38 bits per heavy atom. The van der Waals surface area contributed by atoms with Crippen molar-refractivity contribution < 1.29 is 4.79 Å². The third-order valence-corrected chi connectivity index (χ3v) is 1.37. The summed E-state index contributed by atoms with van der Waals surface area (Å²) in [6, 6.07) is 0. The fraction of sp³-hybridized carbons (Fsp3) is 0.125. The molecule has 1 aromatic rings. The van der Waals surface area contributed by atoms with Gasteiger partial charge in [-0.25, -0.2) is 4.98 Å². The molecular weight excluding hydrogens is 190 g/mol. The number of hydrogen-bond acceptors (Lipinski definition) is 3. The number of carbonyl (C=O) groups excluding carboxylic acids is 1. The molecule has 1 rings (SSSR count). The fourth-order valence-corrected chi connectivity index (χ4v) is 0.750. The minimum atomic E-state index is -0.310. The number of nitrogens with zero attached hydrogens (tertiary/aromatic N) is 2. The molecule has 0 atom stereocenters. The van der Waals surface area contributed by atoms with Gasteiger partial charge in [-0.05, 0) is 0 Å². The molecule has 0 spiro atoms. The van der Waals surface area contributed by atoms with Gasteiger partial charge in [0.15, 0.2) is 0 Å². The van der Waals surface area contributed by atoms with Crippen LogP contribution < -0.4 is 5.32 Å². The summed E-state index contributed by atoms with van der Waals surface area (Å²) >= 11 is 5.46. The highest BCUT2D eigenvalue weighted by atomic mass is 35.5. The van der Waals surface area contributed by atoms with Gasteiger partial charge in [0.05, 0.1) is 12.7 Å². The van der Waals surface area contributed by atoms with Gasteiger partial charge < -0.3 is 5.32 Å². The summed E-state index contributed by atoms with van der Waals surface area (Å²) in [5, 5.41) is 2.90. The molecule has 0 unspecified atom stereocenters. The van der Waals surface area contributed by atoms with Gasteiger partial charge in [0.1, 0.15) is 5.69 Å². The van der Waals surface area contributed by atoms with Crippen LogP contribution >= 0.6 is 11.6 Å². The average Bonchev–Trinajstić information content (AvgIpc) is 2.15. The Hall–Kier alpha value is -1.42. The lowest BCUT2D eigenvalue weighted by atomic mass is 10.4.